The summed E-state index contributed by atoms with van der Waals surface area (Å²) in [7, 11) is 0. The Morgan fingerprint density at radius 3 is 2.50 bits per heavy atom. The van der Waals surface area contributed by atoms with Gasteiger partial charge >= 0.3 is 0 Å². The van der Waals surface area contributed by atoms with Crippen LogP contribution in [0.4, 0.5) is 0 Å². The molecule has 1 saturated carbocycles. The first-order valence-electron chi connectivity index (χ1n) is 5.40. The first-order valence-corrected chi connectivity index (χ1v) is 5.40. The van der Waals surface area contributed by atoms with E-state index in [0.29, 0.717) is 18.1 Å². The molecule has 0 spiro atoms. The highest BCUT2D eigenvalue weighted by atomic mass is 16.1. The van der Waals surface area contributed by atoms with E-state index in [2.05, 4.69) is 11.8 Å². The molecule has 0 aliphatic heterocycles. The Labute approximate surface area is 86.2 Å². The first-order chi connectivity index (χ1) is 6.77. The van der Waals surface area contributed by atoms with Crippen molar-refractivity contribution in [1.82, 2.24) is 0 Å². The van der Waals surface area contributed by atoms with Gasteiger partial charge in [0, 0.05) is 5.92 Å². The highest BCUT2D eigenvalue weighted by Crippen LogP contribution is 2.29. The van der Waals surface area contributed by atoms with Crippen LogP contribution in [0.1, 0.15) is 39.0 Å². The van der Waals surface area contributed by atoms with Crippen LogP contribution in [0.2, 0.25) is 0 Å². The minimum Gasteiger partial charge on any atom is -0.330 e. The van der Waals surface area contributed by atoms with E-state index in [4.69, 9.17) is 5.73 Å². The molecule has 0 radical (unpaired) electrons. The topological polar surface area (TPSA) is 43.1 Å². The lowest BCUT2D eigenvalue weighted by Gasteiger charge is -2.26. The maximum atomic E-state index is 11.6. The summed E-state index contributed by atoms with van der Waals surface area (Å²) in [4.78, 5) is 11.6. The summed E-state index contributed by atoms with van der Waals surface area (Å²) in [5.74, 6) is 6.85. The van der Waals surface area contributed by atoms with Crippen molar-refractivity contribution in [3.8, 4) is 11.8 Å². The van der Waals surface area contributed by atoms with E-state index in [-0.39, 0.29) is 5.92 Å². The van der Waals surface area contributed by atoms with Crippen molar-refractivity contribution >= 4 is 5.78 Å². The molecule has 14 heavy (non-hydrogen) atoms. The van der Waals surface area contributed by atoms with E-state index in [1.54, 1.807) is 6.92 Å². The number of nitrogens with two attached hydrogens (primary N) is 1. The van der Waals surface area contributed by atoms with Gasteiger partial charge in [-0.25, -0.2) is 0 Å². The second-order valence-electron chi connectivity index (χ2n) is 4.02. The van der Waals surface area contributed by atoms with Crippen LogP contribution in [0.5, 0.6) is 0 Å². The molecule has 78 valence electrons. The number of Topliss-reactive ketones (excluding diaryl/α,β-unsaturated/α-hetero) is 1. The van der Waals surface area contributed by atoms with E-state index in [1.165, 1.54) is 0 Å². The molecule has 1 rings (SSSR count). The van der Waals surface area contributed by atoms with Crippen molar-refractivity contribution in [2.75, 3.05) is 6.54 Å². The van der Waals surface area contributed by atoms with Gasteiger partial charge in [0.1, 0.15) is 5.78 Å². The normalized spacial score (nSPS) is 26.4. The van der Waals surface area contributed by atoms with E-state index < -0.39 is 0 Å². The van der Waals surface area contributed by atoms with Crippen LogP contribution >= 0.6 is 0 Å². The molecule has 1 aliphatic rings. The molecule has 2 nitrogen and oxygen atoms in total. The molecule has 0 atom stereocenters. The zero-order chi connectivity index (χ0) is 10.4. The number of rotatable bonds is 3. The third kappa shape index (κ3) is 3.16. The average molecular weight is 193 g/mol. The maximum Gasteiger partial charge on any atom is 0.147 e. The summed E-state index contributed by atoms with van der Waals surface area (Å²) in [6.45, 7) is 2.55. The van der Waals surface area contributed by atoms with Crippen molar-refractivity contribution in [2.24, 2.45) is 17.6 Å². The highest BCUT2D eigenvalue weighted by molar-refractivity contribution is 5.83. The monoisotopic (exact) mass is 193 g/mol. The maximum absolute atomic E-state index is 11.6. The Kier molecular flexibility index (Phi) is 4.69. The second kappa shape index (κ2) is 5.82. The molecule has 2 N–H and O–H groups in total. The fraction of sp³-hybridized carbons (Fsp3) is 0.750. The molecule has 1 fully saturated rings. The predicted molar refractivity (Wildman–Crippen MR) is 57.6 cm³/mol. The second-order valence-corrected chi connectivity index (χ2v) is 4.02. The van der Waals surface area contributed by atoms with Crippen LogP contribution in [-0.4, -0.2) is 12.3 Å². The van der Waals surface area contributed by atoms with Crippen LogP contribution in [0, 0.1) is 23.7 Å². The minimum atomic E-state index is 0.263. The van der Waals surface area contributed by atoms with Crippen LogP contribution in [-0.2, 0) is 4.79 Å². The fourth-order valence-corrected chi connectivity index (χ4v) is 2.04. The molecule has 0 heterocycles. The van der Waals surface area contributed by atoms with Gasteiger partial charge in [-0.15, -0.1) is 5.92 Å². The number of hydrogen-bond acceptors (Lipinski definition) is 2. The van der Waals surface area contributed by atoms with Gasteiger partial charge in [-0.3, -0.25) is 4.79 Å². The summed E-state index contributed by atoms with van der Waals surface area (Å²) in [5, 5.41) is 0. The molecule has 0 amide bonds. The molecule has 0 aromatic heterocycles. The zero-order valence-electron chi connectivity index (χ0n) is 8.88. The minimum absolute atomic E-state index is 0.263. The average Bonchev–Trinajstić information content (AvgIpc) is 2.26. The number of hydrogen-bond donors (Lipinski definition) is 1. The summed E-state index contributed by atoms with van der Waals surface area (Å²) in [6.07, 6.45) is 4.71. The number of carbonyl (C=O) groups is 1. The number of ketones is 1. The SMILES string of the molecule is CC#CCC(=O)C1CCC(CN)CC1. The Hall–Kier alpha value is -0.810. The van der Waals surface area contributed by atoms with E-state index >= 15 is 0 Å². The third-order valence-electron chi connectivity index (χ3n) is 3.07. The highest BCUT2D eigenvalue weighted by Gasteiger charge is 2.24. The van der Waals surface area contributed by atoms with Crippen LogP contribution in [0.25, 0.3) is 0 Å². The van der Waals surface area contributed by atoms with Gasteiger partial charge in [-0.05, 0) is 45.1 Å². The molecule has 1 aliphatic carbocycles. The van der Waals surface area contributed by atoms with Crippen LogP contribution < -0.4 is 5.73 Å². The summed E-state index contributed by atoms with van der Waals surface area (Å²) < 4.78 is 0. The van der Waals surface area contributed by atoms with Crippen molar-refractivity contribution < 1.29 is 4.79 Å². The van der Waals surface area contributed by atoms with Crippen LogP contribution in [0.3, 0.4) is 0 Å². The lowest BCUT2D eigenvalue weighted by molar-refractivity contribution is -0.123. The molecular weight excluding hydrogens is 174 g/mol. The van der Waals surface area contributed by atoms with Crippen molar-refractivity contribution in [1.29, 1.82) is 0 Å². The molecule has 0 unspecified atom stereocenters. The zero-order valence-corrected chi connectivity index (χ0v) is 8.88. The molecule has 2 heteroatoms. The summed E-state index contributed by atoms with van der Waals surface area (Å²) in [5.41, 5.74) is 5.60. The van der Waals surface area contributed by atoms with Gasteiger partial charge in [-0.1, -0.05) is 5.92 Å². The third-order valence-corrected chi connectivity index (χ3v) is 3.07. The predicted octanol–water partition coefficient (Wildman–Crippen LogP) is 1.73. The largest absolute Gasteiger partial charge is 0.330 e. The van der Waals surface area contributed by atoms with Crippen molar-refractivity contribution in [2.45, 2.75) is 39.0 Å². The van der Waals surface area contributed by atoms with E-state index in [0.717, 1.165) is 32.2 Å². The van der Waals surface area contributed by atoms with Gasteiger partial charge in [-0.2, -0.15) is 0 Å². The molecule has 0 saturated heterocycles. The number of carbonyl (C=O) groups excluding carboxylic acids is 1. The summed E-state index contributed by atoms with van der Waals surface area (Å²) in [6, 6.07) is 0. The Balaban J connectivity index is 2.32. The van der Waals surface area contributed by atoms with E-state index in [1.807, 2.05) is 0 Å². The van der Waals surface area contributed by atoms with Gasteiger partial charge in [0.2, 0.25) is 0 Å². The fourth-order valence-electron chi connectivity index (χ4n) is 2.04. The van der Waals surface area contributed by atoms with E-state index in [9.17, 15) is 4.79 Å². The lowest BCUT2D eigenvalue weighted by Crippen LogP contribution is -2.25. The summed E-state index contributed by atoms with van der Waals surface area (Å²) >= 11 is 0. The van der Waals surface area contributed by atoms with Crippen LogP contribution in [0.15, 0.2) is 0 Å². The van der Waals surface area contributed by atoms with Gasteiger partial charge in [0.15, 0.2) is 0 Å². The smallest absolute Gasteiger partial charge is 0.147 e. The van der Waals surface area contributed by atoms with Crippen molar-refractivity contribution in [3.05, 3.63) is 0 Å². The molecule has 0 aromatic rings. The Bertz CT molecular complexity index is 241. The van der Waals surface area contributed by atoms with Gasteiger partial charge < -0.3 is 5.73 Å². The van der Waals surface area contributed by atoms with Crippen molar-refractivity contribution in [3.63, 3.8) is 0 Å². The Morgan fingerprint density at radius 1 is 1.36 bits per heavy atom. The lowest BCUT2D eigenvalue weighted by atomic mass is 9.79. The molecule has 0 aromatic carbocycles. The van der Waals surface area contributed by atoms with Gasteiger partial charge in [0.05, 0.1) is 6.42 Å². The standard InChI is InChI=1S/C12H19NO/c1-2-3-4-12(14)11-7-5-10(9-13)6-8-11/h10-11H,4-9,13H2,1H3. The molecule has 0 bridgehead atoms. The Morgan fingerprint density at radius 2 is 2.00 bits per heavy atom. The quantitative estimate of drug-likeness (QED) is 0.694. The van der Waals surface area contributed by atoms with Gasteiger partial charge in [0.25, 0.3) is 0 Å². The molecular formula is C12H19NO. The first kappa shape index (κ1) is 11.3.